The molecule has 0 aromatic carbocycles. The number of aromatic nitrogens is 3. The van der Waals surface area contributed by atoms with E-state index in [-0.39, 0.29) is 0 Å². The highest BCUT2D eigenvalue weighted by Crippen LogP contribution is 2.31. The SMILES string of the molecule is Cc1nc2c(o1)CCN(c1cc(C(O)Nc3ccc(Cl)cn3)c3c(n1)CCOCC3)C2. The van der Waals surface area contributed by atoms with Gasteiger partial charge in [0.05, 0.1) is 24.8 Å². The first-order valence-corrected chi connectivity index (χ1v) is 10.8. The molecule has 5 heterocycles. The molecule has 2 aliphatic heterocycles. The molecule has 162 valence electrons. The Morgan fingerprint density at radius 1 is 1.16 bits per heavy atom. The second-order valence-electron chi connectivity index (χ2n) is 7.79. The van der Waals surface area contributed by atoms with Crippen molar-refractivity contribution in [3.05, 3.63) is 63.6 Å². The lowest BCUT2D eigenvalue weighted by Crippen LogP contribution is -2.31. The fraction of sp³-hybridized carbons (Fsp3) is 0.409. The summed E-state index contributed by atoms with van der Waals surface area (Å²) in [7, 11) is 0. The van der Waals surface area contributed by atoms with Crippen LogP contribution in [0.4, 0.5) is 11.6 Å². The zero-order valence-electron chi connectivity index (χ0n) is 17.3. The van der Waals surface area contributed by atoms with Gasteiger partial charge in [0, 0.05) is 43.8 Å². The van der Waals surface area contributed by atoms with Gasteiger partial charge in [-0.2, -0.15) is 0 Å². The Hall–Kier alpha value is -2.68. The number of hydrogen-bond acceptors (Lipinski definition) is 8. The third kappa shape index (κ3) is 4.23. The molecule has 0 saturated carbocycles. The van der Waals surface area contributed by atoms with Gasteiger partial charge in [-0.3, -0.25) is 0 Å². The molecule has 2 aliphatic rings. The lowest BCUT2D eigenvalue weighted by Gasteiger charge is -2.29. The summed E-state index contributed by atoms with van der Waals surface area (Å²) in [5.74, 6) is 3.02. The summed E-state index contributed by atoms with van der Waals surface area (Å²) in [6, 6.07) is 5.45. The van der Waals surface area contributed by atoms with Crippen molar-refractivity contribution in [2.24, 2.45) is 0 Å². The summed E-state index contributed by atoms with van der Waals surface area (Å²) >= 11 is 5.93. The maximum atomic E-state index is 11.1. The van der Waals surface area contributed by atoms with Crippen molar-refractivity contribution in [2.45, 2.75) is 39.0 Å². The molecule has 3 aromatic heterocycles. The molecule has 0 aliphatic carbocycles. The summed E-state index contributed by atoms with van der Waals surface area (Å²) in [6.07, 6.45) is 2.82. The summed E-state index contributed by atoms with van der Waals surface area (Å²) in [4.78, 5) is 15.9. The molecule has 0 spiro atoms. The first-order valence-electron chi connectivity index (χ1n) is 10.4. The van der Waals surface area contributed by atoms with E-state index in [0.29, 0.717) is 49.3 Å². The molecular weight excluding hydrogens is 418 g/mol. The van der Waals surface area contributed by atoms with E-state index in [1.165, 1.54) is 0 Å². The van der Waals surface area contributed by atoms with E-state index >= 15 is 0 Å². The van der Waals surface area contributed by atoms with E-state index in [1.807, 2.05) is 13.0 Å². The average Bonchev–Trinajstić information content (AvgIpc) is 2.97. The number of nitrogens with one attached hydrogen (secondary N) is 1. The van der Waals surface area contributed by atoms with Gasteiger partial charge in [-0.1, -0.05) is 11.6 Å². The number of pyridine rings is 2. The lowest BCUT2D eigenvalue weighted by molar-refractivity contribution is 0.145. The first-order chi connectivity index (χ1) is 15.1. The molecule has 0 radical (unpaired) electrons. The topological polar surface area (TPSA) is 96.5 Å². The van der Waals surface area contributed by atoms with Gasteiger partial charge in [0.15, 0.2) is 12.1 Å². The van der Waals surface area contributed by atoms with Gasteiger partial charge in [-0.25, -0.2) is 15.0 Å². The second kappa shape index (κ2) is 8.45. The van der Waals surface area contributed by atoms with E-state index in [0.717, 1.165) is 47.1 Å². The predicted octanol–water partition coefficient (Wildman–Crippen LogP) is 3.21. The van der Waals surface area contributed by atoms with E-state index in [2.05, 4.69) is 20.2 Å². The number of hydrogen-bond donors (Lipinski definition) is 2. The van der Waals surface area contributed by atoms with Gasteiger partial charge in [0.25, 0.3) is 0 Å². The Bertz CT molecular complexity index is 1090. The van der Waals surface area contributed by atoms with Gasteiger partial charge in [-0.05, 0) is 30.2 Å². The smallest absolute Gasteiger partial charge is 0.191 e. The molecule has 0 fully saturated rings. The maximum absolute atomic E-state index is 11.1. The highest BCUT2D eigenvalue weighted by atomic mass is 35.5. The van der Waals surface area contributed by atoms with Crippen LogP contribution < -0.4 is 10.2 Å². The van der Waals surface area contributed by atoms with Crippen molar-refractivity contribution < 1.29 is 14.3 Å². The van der Waals surface area contributed by atoms with Crippen molar-refractivity contribution in [1.82, 2.24) is 15.0 Å². The number of ether oxygens (including phenoxy) is 1. The molecule has 0 amide bonds. The largest absolute Gasteiger partial charge is 0.446 e. The zero-order valence-corrected chi connectivity index (χ0v) is 18.0. The van der Waals surface area contributed by atoms with Crippen molar-refractivity contribution >= 4 is 23.2 Å². The summed E-state index contributed by atoms with van der Waals surface area (Å²) in [5.41, 5.74) is 3.75. The van der Waals surface area contributed by atoms with Crippen LogP contribution in [0.2, 0.25) is 5.02 Å². The third-order valence-corrected chi connectivity index (χ3v) is 5.90. The number of aryl methyl sites for hydroxylation is 1. The summed E-state index contributed by atoms with van der Waals surface area (Å²) < 4.78 is 11.4. The number of aliphatic hydroxyl groups excluding tert-OH is 1. The van der Waals surface area contributed by atoms with E-state index < -0.39 is 6.23 Å². The molecule has 1 atom stereocenters. The minimum Gasteiger partial charge on any atom is -0.446 e. The minimum absolute atomic E-state index is 0.546. The van der Waals surface area contributed by atoms with Gasteiger partial charge in [-0.15, -0.1) is 0 Å². The van der Waals surface area contributed by atoms with Gasteiger partial charge < -0.3 is 24.5 Å². The Morgan fingerprint density at radius 2 is 2.03 bits per heavy atom. The number of halogens is 1. The molecule has 2 N–H and O–H groups in total. The van der Waals surface area contributed by atoms with E-state index in [1.54, 1.807) is 18.3 Å². The molecule has 3 aromatic rings. The Morgan fingerprint density at radius 3 is 2.87 bits per heavy atom. The third-order valence-electron chi connectivity index (χ3n) is 5.68. The average molecular weight is 442 g/mol. The van der Waals surface area contributed by atoms with Crippen LogP contribution in [0.25, 0.3) is 0 Å². The van der Waals surface area contributed by atoms with Crippen molar-refractivity contribution in [1.29, 1.82) is 0 Å². The van der Waals surface area contributed by atoms with E-state index in [9.17, 15) is 5.11 Å². The van der Waals surface area contributed by atoms with Crippen LogP contribution >= 0.6 is 11.6 Å². The summed E-state index contributed by atoms with van der Waals surface area (Å²) in [5, 5.41) is 14.7. The quantitative estimate of drug-likeness (QED) is 0.596. The molecular formula is C22H24ClN5O3. The standard InChI is InChI=1S/C22H24ClN5O3/c1-13-25-18-12-28(7-4-19(18)31-13)21-10-16(15-5-8-30-9-6-17(15)26-21)22(29)27-20-3-2-14(23)11-24-20/h2-3,10-11,22,29H,4-9,12H2,1H3,(H,24,27). The van der Waals surface area contributed by atoms with Crippen molar-refractivity contribution in [3.63, 3.8) is 0 Å². The van der Waals surface area contributed by atoms with E-state index in [4.69, 9.17) is 25.7 Å². The molecule has 8 nitrogen and oxygen atoms in total. The fourth-order valence-electron chi connectivity index (χ4n) is 4.18. The van der Waals surface area contributed by atoms with Crippen LogP contribution in [0.15, 0.2) is 28.8 Å². The van der Waals surface area contributed by atoms with Gasteiger partial charge in [0.1, 0.15) is 23.1 Å². The molecule has 31 heavy (non-hydrogen) atoms. The highest BCUT2D eigenvalue weighted by molar-refractivity contribution is 6.30. The fourth-order valence-corrected chi connectivity index (χ4v) is 4.29. The number of rotatable bonds is 4. The van der Waals surface area contributed by atoms with Crippen LogP contribution in [-0.4, -0.2) is 39.8 Å². The predicted molar refractivity (Wildman–Crippen MR) is 116 cm³/mol. The zero-order chi connectivity index (χ0) is 21.4. The molecule has 0 bridgehead atoms. The number of aliphatic hydroxyl groups is 1. The Balaban J connectivity index is 1.48. The molecule has 9 heteroatoms. The minimum atomic E-state index is -0.933. The van der Waals surface area contributed by atoms with Crippen LogP contribution in [-0.2, 0) is 30.5 Å². The Kier molecular flexibility index (Phi) is 5.52. The number of nitrogens with zero attached hydrogens (tertiary/aromatic N) is 4. The molecule has 1 unspecified atom stereocenters. The summed E-state index contributed by atoms with van der Waals surface area (Å²) in [6.45, 7) is 4.52. The number of oxazole rings is 1. The monoisotopic (exact) mass is 441 g/mol. The lowest BCUT2D eigenvalue weighted by atomic mass is 10.00. The van der Waals surface area contributed by atoms with Crippen LogP contribution in [0.1, 0.15) is 40.4 Å². The molecule has 0 saturated heterocycles. The number of anilines is 2. The van der Waals surface area contributed by atoms with Crippen LogP contribution in [0.5, 0.6) is 0 Å². The normalized spacial score (nSPS) is 16.9. The van der Waals surface area contributed by atoms with Crippen molar-refractivity contribution in [2.75, 3.05) is 30.0 Å². The Labute approximate surface area is 185 Å². The first kappa shape index (κ1) is 20.2. The van der Waals surface area contributed by atoms with Gasteiger partial charge >= 0.3 is 0 Å². The highest BCUT2D eigenvalue weighted by Gasteiger charge is 2.26. The number of fused-ring (bicyclic) bond motifs is 2. The van der Waals surface area contributed by atoms with Crippen LogP contribution in [0, 0.1) is 6.92 Å². The second-order valence-corrected chi connectivity index (χ2v) is 8.23. The maximum Gasteiger partial charge on any atom is 0.191 e. The van der Waals surface area contributed by atoms with Crippen molar-refractivity contribution in [3.8, 4) is 0 Å². The van der Waals surface area contributed by atoms with Gasteiger partial charge in [0.2, 0.25) is 0 Å². The molecule has 5 rings (SSSR count). The van der Waals surface area contributed by atoms with Crippen LogP contribution in [0.3, 0.4) is 0 Å².